The molecule has 2 heterocycles. The molecule has 0 unspecified atom stereocenters. The van der Waals surface area contributed by atoms with Gasteiger partial charge in [-0.1, -0.05) is 0 Å². The van der Waals surface area contributed by atoms with Crippen LogP contribution in [0.3, 0.4) is 0 Å². The molecule has 0 aromatic heterocycles. The lowest BCUT2D eigenvalue weighted by atomic mass is 9.90. The second-order valence-electron chi connectivity index (χ2n) is 5.49. The third kappa shape index (κ3) is 2.55. The number of ether oxygens (including phenoxy) is 1. The highest BCUT2D eigenvalue weighted by Gasteiger charge is 2.44. The summed E-state index contributed by atoms with van der Waals surface area (Å²) in [7, 11) is 0. The predicted octanol–water partition coefficient (Wildman–Crippen LogP) is 2.30. The van der Waals surface area contributed by atoms with Gasteiger partial charge in [-0.15, -0.1) is 11.8 Å². The molecule has 6 heteroatoms. The van der Waals surface area contributed by atoms with E-state index in [4.69, 9.17) is 10.00 Å². The van der Waals surface area contributed by atoms with Crippen molar-refractivity contribution < 1.29 is 9.84 Å². The fraction of sp³-hybridized carbons (Fsp3) is 0.400. The summed E-state index contributed by atoms with van der Waals surface area (Å²) >= 11 is 1.47. The molecule has 2 atom stereocenters. The maximum Gasteiger partial charge on any atom is 0.187 e. The quantitative estimate of drug-likeness (QED) is 0.909. The van der Waals surface area contributed by atoms with Gasteiger partial charge < -0.3 is 9.84 Å². The minimum atomic E-state index is -0.713. The Morgan fingerprint density at radius 1 is 1.33 bits per heavy atom. The average molecular weight is 301 g/mol. The van der Waals surface area contributed by atoms with Gasteiger partial charge in [0.15, 0.2) is 5.50 Å². The highest BCUT2D eigenvalue weighted by molar-refractivity contribution is 8.00. The normalized spacial score (nSPS) is 26.2. The minimum Gasteiger partial charge on any atom is -0.485 e. The Hall–Kier alpha value is -1.84. The Balaban J connectivity index is 2.01. The van der Waals surface area contributed by atoms with E-state index in [1.54, 1.807) is 30.6 Å². The molecule has 1 aromatic carbocycles. The lowest BCUT2D eigenvalue weighted by Gasteiger charge is -2.42. The molecule has 5 nitrogen and oxygen atoms in total. The Labute approximate surface area is 127 Å². The van der Waals surface area contributed by atoms with E-state index in [2.05, 4.69) is 16.1 Å². The van der Waals surface area contributed by atoms with Gasteiger partial charge in [-0.2, -0.15) is 5.26 Å². The van der Waals surface area contributed by atoms with Crippen LogP contribution in [0.1, 0.15) is 30.2 Å². The number of hydrogen-bond acceptors (Lipinski definition) is 6. The Kier molecular flexibility index (Phi) is 3.47. The van der Waals surface area contributed by atoms with Gasteiger partial charge in [0.2, 0.25) is 0 Å². The van der Waals surface area contributed by atoms with Gasteiger partial charge in [0.1, 0.15) is 17.5 Å². The number of aliphatic hydroxyl groups is 1. The van der Waals surface area contributed by atoms with Crippen LogP contribution in [0, 0.1) is 11.3 Å². The van der Waals surface area contributed by atoms with Crippen LogP contribution in [0.25, 0.3) is 0 Å². The molecule has 0 radical (unpaired) electrons. The fourth-order valence-electron chi connectivity index (χ4n) is 2.42. The van der Waals surface area contributed by atoms with Crippen molar-refractivity contribution in [1.82, 2.24) is 0 Å². The molecule has 1 N–H and O–H groups in total. The highest BCUT2D eigenvalue weighted by atomic mass is 32.2. The van der Waals surface area contributed by atoms with Crippen molar-refractivity contribution in [3.8, 4) is 11.8 Å². The standard InChI is InChI=1S/C15H15N3O2S/c1-15(2)13(19)12(21-14-17-5-6-18-14)10-7-9(8-16)3-4-11(10)20-15/h3-7,12-14,19H,1-2H3/t12-,13+/m0/s1. The molecule has 0 saturated carbocycles. The zero-order chi connectivity index (χ0) is 15.0. The molecule has 0 fully saturated rings. The lowest BCUT2D eigenvalue weighted by molar-refractivity contribution is -0.0430. The third-order valence-corrected chi connectivity index (χ3v) is 4.87. The molecular formula is C15H15N3O2S. The first-order valence-corrected chi connectivity index (χ1v) is 7.57. The van der Waals surface area contributed by atoms with Crippen LogP contribution in [0.2, 0.25) is 0 Å². The van der Waals surface area contributed by atoms with E-state index in [-0.39, 0.29) is 10.7 Å². The van der Waals surface area contributed by atoms with Crippen molar-refractivity contribution >= 4 is 24.2 Å². The van der Waals surface area contributed by atoms with Crippen LogP contribution in [-0.2, 0) is 0 Å². The van der Waals surface area contributed by atoms with Gasteiger partial charge in [-0.25, -0.2) is 0 Å². The van der Waals surface area contributed by atoms with Crippen molar-refractivity contribution in [3.63, 3.8) is 0 Å². The molecule has 2 aliphatic heterocycles. The smallest absolute Gasteiger partial charge is 0.187 e. The van der Waals surface area contributed by atoms with E-state index in [1.807, 2.05) is 13.8 Å². The lowest BCUT2D eigenvalue weighted by Crippen LogP contribution is -2.48. The number of rotatable bonds is 2. The number of aliphatic imine (C=N–C) groups is 2. The maximum atomic E-state index is 10.6. The number of nitriles is 1. The predicted molar refractivity (Wildman–Crippen MR) is 83.0 cm³/mol. The van der Waals surface area contributed by atoms with Gasteiger partial charge in [0.25, 0.3) is 0 Å². The molecule has 0 bridgehead atoms. The first-order valence-electron chi connectivity index (χ1n) is 6.63. The molecule has 2 aliphatic rings. The number of nitrogens with zero attached hydrogens (tertiary/aromatic N) is 3. The van der Waals surface area contributed by atoms with Gasteiger partial charge in [-0.3, -0.25) is 9.98 Å². The summed E-state index contributed by atoms with van der Waals surface area (Å²) in [4.78, 5) is 8.45. The summed E-state index contributed by atoms with van der Waals surface area (Å²) < 4.78 is 5.88. The number of benzene rings is 1. The summed E-state index contributed by atoms with van der Waals surface area (Å²) in [6, 6.07) is 7.40. The first kappa shape index (κ1) is 14.1. The van der Waals surface area contributed by atoms with Crippen molar-refractivity contribution in [2.45, 2.75) is 36.3 Å². The van der Waals surface area contributed by atoms with Gasteiger partial charge >= 0.3 is 0 Å². The minimum absolute atomic E-state index is 0.241. The molecule has 3 rings (SSSR count). The Bertz CT molecular complexity index is 651. The van der Waals surface area contributed by atoms with Gasteiger partial charge in [0, 0.05) is 18.0 Å². The Morgan fingerprint density at radius 3 is 2.71 bits per heavy atom. The summed E-state index contributed by atoms with van der Waals surface area (Å²) in [5.74, 6) is 0.702. The molecule has 0 spiro atoms. The maximum absolute atomic E-state index is 10.6. The number of aliphatic hydroxyl groups excluding tert-OH is 1. The average Bonchev–Trinajstić information content (AvgIpc) is 2.96. The zero-order valence-electron chi connectivity index (χ0n) is 11.7. The Morgan fingerprint density at radius 2 is 2.05 bits per heavy atom. The van der Waals surface area contributed by atoms with Crippen LogP contribution in [-0.4, -0.2) is 34.7 Å². The van der Waals surface area contributed by atoms with Crippen LogP contribution < -0.4 is 4.74 Å². The fourth-order valence-corrected chi connectivity index (χ4v) is 3.77. The second kappa shape index (κ2) is 5.17. The number of thioether (sulfide) groups is 1. The summed E-state index contributed by atoms with van der Waals surface area (Å²) in [5.41, 5.74) is 0.416. The summed E-state index contributed by atoms with van der Waals surface area (Å²) in [5, 5.41) is 19.5. The third-order valence-electron chi connectivity index (χ3n) is 3.58. The van der Waals surface area contributed by atoms with Crippen LogP contribution in [0.15, 0.2) is 28.2 Å². The van der Waals surface area contributed by atoms with E-state index < -0.39 is 11.7 Å². The largest absolute Gasteiger partial charge is 0.485 e. The molecule has 21 heavy (non-hydrogen) atoms. The zero-order valence-corrected chi connectivity index (χ0v) is 12.5. The topological polar surface area (TPSA) is 78.0 Å². The van der Waals surface area contributed by atoms with E-state index in [0.29, 0.717) is 11.3 Å². The number of fused-ring (bicyclic) bond motifs is 1. The molecule has 1 aromatic rings. The molecular weight excluding hydrogens is 286 g/mol. The molecule has 0 aliphatic carbocycles. The summed E-state index contributed by atoms with van der Waals surface area (Å²) in [6.45, 7) is 3.71. The monoisotopic (exact) mass is 301 g/mol. The van der Waals surface area contributed by atoms with E-state index >= 15 is 0 Å². The van der Waals surface area contributed by atoms with E-state index in [9.17, 15) is 5.11 Å². The first-order chi connectivity index (χ1) is 10.0. The molecule has 0 amide bonds. The number of hydrogen-bond donors (Lipinski definition) is 1. The van der Waals surface area contributed by atoms with E-state index in [1.165, 1.54) is 11.8 Å². The van der Waals surface area contributed by atoms with Crippen molar-refractivity contribution in [2.24, 2.45) is 9.98 Å². The van der Waals surface area contributed by atoms with E-state index in [0.717, 1.165) is 5.56 Å². The van der Waals surface area contributed by atoms with Crippen LogP contribution in [0.5, 0.6) is 5.75 Å². The van der Waals surface area contributed by atoms with Crippen LogP contribution in [0.4, 0.5) is 0 Å². The van der Waals surface area contributed by atoms with Crippen molar-refractivity contribution in [3.05, 3.63) is 29.3 Å². The molecule has 108 valence electrons. The van der Waals surface area contributed by atoms with Crippen LogP contribution >= 0.6 is 11.8 Å². The second-order valence-corrected chi connectivity index (χ2v) is 6.70. The van der Waals surface area contributed by atoms with Crippen molar-refractivity contribution in [2.75, 3.05) is 0 Å². The highest BCUT2D eigenvalue weighted by Crippen LogP contribution is 2.48. The van der Waals surface area contributed by atoms with Gasteiger partial charge in [-0.05, 0) is 32.0 Å². The SMILES string of the molecule is CC1(C)Oc2ccc(C#N)cc2[C@H](SC2N=CC=N2)[C@H]1O. The molecule has 0 saturated heterocycles. The van der Waals surface area contributed by atoms with Gasteiger partial charge in [0.05, 0.1) is 16.9 Å². The van der Waals surface area contributed by atoms with Crippen molar-refractivity contribution in [1.29, 1.82) is 5.26 Å². The summed E-state index contributed by atoms with van der Waals surface area (Å²) in [6.07, 6.45) is 2.59.